The number of carbonyl (C=O) groups is 1. The molecule has 0 aromatic heterocycles. The summed E-state index contributed by atoms with van der Waals surface area (Å²) in [7, 11) is 0. The van der Waals surface area contributed by atoms with Crippen molar-refractivity contribution in [3.8, 4) is 5.75 Å². The second-order valence-corrected chi connectivity index (χ2v) is 9.22. The number of benzene rings is 2. The molecule has 2 aromatic carbocycles. The molecule has 4 nitrogen and oxygen atoms in total. The van der Waals surface area contributed by atoms with Crippen LogP contribution in [0.25, 0.3) is 5.57 Å². The molecule has 0 unspecified atom stereocenters. The largest absolute Gasteiger partial charge is 0.482 e. The molecule has 0 aliphatic carbocycles. The number of fused-ring (bicyclic) bond motifs is 1. The maximum Gasteiger partial charge on any atom is 0.317 e. The van der Waals surface area contributed by atoms with E-state index < -0.39 is 5.97 Å². The molecule has 2 aliphatic heterocycles. The molecule has 2 heterocycles. The number of aliphatic carboxylic acids is 1. The average molecular weight is 392 g/mol. The van der Waals surface area contributed by atoms with Gasteiger partial charge >= 0.3 is 5.97 Å². The number of likely N-dealkylation sites (tertiary alicyclic amines) is 1. The third kappa shape index (κ3) is 4.08. The monoisotopic (exact) mass is 391 g/mol. The van der Waals surface area contributed by atoms with Crippen LogP contribution in [-0.4, -0.2) is 41.2 Å². The van der Waals surface area contributed by atoms with Gasteiger partial charge in [0.25, 0.3) is 0 Å². The van der Waals surface area contributed by atoms with Crippen molar-refractivity contribution >= 4 is 11.5 Å². The van der Waals surface area contributed by atoms with E-state index in [0.717, 1.165) is 37.2 Å². The first kappa shape index (κ1) is 19.7. The Kier molecular flexibility index (Phi) is 4.99. The molecule has 2 aliphatic rings. The number of hydrogen-bond acceptors (Lipinski definition) is 3. The van der Waals surface area contributed by atoms with E-state index >= 15 is 0 Å². The van der Waals surface area contributed by atoms with Crippen molar-refractivity contribution in [2.45, 2.75) is 44.6 Å². The Hall–Kier alpha value is -2.59. The topological polar surface area (TPSA) is 49.8 Å². The standard InChI is InChI=1S/C25H29NO3/c1-24(2,3)19-10-8-18(9-11-19)21-16-25(29-22-7-5-4-6-20(21)22)12-14-26(15-13-25)17-23(27)28/h4-11,16H,12-15,17H2,1-3H3,(H,27,28). The van der Waals surface area contributed by atoms with Crippen LogP contribution in [0.15, 0.2) is 54.6 Å². The second kappa shape index (κ2) is 7.34. The minimum Gasteiger partial charge on any atom is -0.482 e. The lowest BCUT2D eigenvalue weighted by molar-refractivity contribution is -0.139. The zero-order valence-electron chi connectivity index (χ0n) is 17.4. The molecule has 1 spiro atoms. The zero-order chi connectivity index (χ0) is 20.6. The highest BCUT2D eigenvalue weighted by Gasteiger charge is 2.39. The van der Waals surface area contributed by atoms with Crippen molar-refractivity contribution in [1.82, 2.24) is 4.90 Å². The summed E-state index contributed by atoms with van der Waals surface area (Å²) in [4.78, 5) is 13.0. The summed E-state index contributed by atoms with van der Waals surface area (Å²) >= 11 is 0. The fourth-order valence-corrected chi connectivity index (χ4v) is 4.28. The van der Waals surface area contributed by atoms with E-state index in [9.17, 15) is 4.79 Å². The molecular weight excluding hydrogens is 362 g/mol. The summed E-state index contributed by atoms with van der Waals surface area (Å²) in [5.74, 6) is 0.141. The lowest BCUT2D eigenvalue weighted by Crippen LogP contribution is -2.49. The van der Waals surface area contributed by atoms with Gasteiger partial charge in [0, 0.05) is 31.5 Å². The Morgan fingerprint density at radius 1 is 1.07 bits per heavy atom. The van der Waals surface area contributed by atoms with E-state index in [1.165, 1.54) is 16.7 Å². The Morgan fingerprint density at radius 2 is 1.72 bits per heavy atom. The molecule has 4 heteroatoms. The van der Waals surface area contributed by atoms with E-state index in [4.69, 9.17) is 9.84 Å². The number of nitrogens with zero attached hydrogens (tertiary/aromatic N) is 1. The van der Waals surface area contributed by atoms with Gasteiger partial charge in [0.1, 0.15) is 11.4 Å². The van der Waals surface area contributed by atoms with Crippen LogP contribution in [-0.2, 0) is 10.2 Å². The van der Waals surface area contributed by atoms with Gasteiger partial charge in [0.15, 0.2) is 0 Å². The summed E-state index contributed by atoms with van der Waals surface area (Å²) in [5, 5.41) is 9.08. The van der Waals surface area contributed by atoms with Gasteiger partial charge in [0.2, 0.25) is 0 Å². The number of hydrogen-bond donors (Lipinski definition) is 1. The predicted octanol–water partition coefficient (Wildman–Crippen LogP) is 4.73. The fraction of sp³-hybridized carbons (Fsp3) is 0.400. The van der Waals surface area contributed by atoms with Crippen LogP contribution in [0.4, 0.5) is 0 Å². The normalized spacial score (nSPS) is 18.7. The highest BCUT2D eigenvalue weighted by Crippen LogP contribution is 2.43. The van der Waals surface area contributed by atoms with Crippen molar-refractivity contribution in [1.29, 1.82) is 0 Å². The third-order valence-electron chi connectivity index (χ3n) is 6.02. The number of carboxylic acids is 1. The van der Waals surface area contributed by atoms with E-state index in [-0.39, 0.29) is 17.6 Å². The van der Waals surface area contributed by atoms with E-state index in [1.807, 2.05) is 23.1 Å². The Bertz CT molecular complexity index is 929. The summed E-state index contributed by atoms with van der Waals surface area (Å²) in [6.07, 6.45) is 3.86. The van der Waals surface area contributed by atoms with E-state index in [2.05, 4.69) is 57.2 Å². The first-order chi connectivity index (χ1) is 13.8. The molecule has 0 amide bonds. The number of para-hydroxylation sites is 1. The van der Waals surface area contributed by atoms with Gasteiger partial charge < -0.3 is 9.84 Å². The maximum absolute atomic E-state index is 11.0. The summed E-state index contributed by atoms with van der Waals surface area (Å²) in [6.45, 7) is 8.22. The van der Waals surface area contributed by atoms with Crippen molar-refractivity contribution < 1.29 is 14.6 Å². The molecule has 0 radical (unpaired) electrons. The van der Waals surface area contributed by atoms with Gasteiger partial charge in [-0.05, 0) is 34.3 Å². The van der Waals surface area contributed by atoms with Crippen LogP contribution in [0.5, 0.6) is 5.75 Å². The molecule has 1 fully saturated rings. The van der Waals surface area contributed by atoms with Gasteiger partial charge in [-0.3, -0.25) is 9.69 Å². The lowest BCUT2D eigenvalue weighted by atomic mass is 9.81. The lowest BCUT2D eigenvalue weighted by Gasteiger charge is -2.42. The number of rotatable bonds is 3. The molecule has 1 N–H and O–H groups in total. The Labute approximate surface area is 172 Å². The fourth-order valence-electron chi connectivity index (χ4n) is 4.28. The Morgan fingerprint density at radius 3 is 2.34 bits per heavy atom. The first-order valence-corrected chi connectivity index (χ1v) is 10.3. The predicted molar refractivity (Wildman–Crippen MR) is 115 cm³/mol. The first-order valence-electron chi connectivity index (χ1n) is 10.3. The van der Waals surface area contributed by atoms with E-state index in [1.54, 1.807) is 0 Å². The van der Waals surface area contributed by atoms with Crippen molar-refractivity contribution in [3.05, 3.63) is 71.3 Å². The quantitative estimate of drug-likeness (QED) is 0.822. The second-order valence-electron chi connectivity index (χ2n) is 9.22. The van der Waals surface area contributed by atoms with Crippen molar-refractivity contribution in [3.63, 3.8) is 0 Å². The molecular formula is C25H29NO3. The molecule has 1 saturated heterocycles. The molecule has 152 valence electrons. The zero-order valence-corrected chi connectivity index (χ0v) is 17.4. The van der Waals surface area contributed by atoms with Crippen molar-refractivity contribution in [2.75, 3.05) is 19.6 Å². The van der Waals surface area contributed by atoms with Gasteiger partial charge in [-0.2, -0.15) is 0 Å². The molecule has 0 atom stereocenters. The highest BCUT2D eigenvalue weighted by molar-refractivity contribution is 5.85. The molecule has 29 heavy (non-hydrogen) atoms. The summed E-state index contributed by atoms with van der Waals surface area (Å²) in [5.41, 5.74) is 4.59. The van der Waals surface area contributed by atoms with Crippen molar-refractivity contribution in [2.24, 2.45) is 0 Å². The summed E-state index contributed by atoms with van der Waals surface area (Å²) < 4.78 is 6.49. The number of ether oxygens (including phenoxy) is 1. The minimum atomic E-state index is -0.772. The molecule has 0 bridgehead atoms. The average Bonchev–Trinajstić information content (AvgIpc) is 2.68. The summed E-state index contributed by atoms with van der Waals surface area (Å²) in [6, 6.07) is 17.1. The Balaban J connectivity index is 1.68. The van der Waals surface area contributed by atoms with Crippen LogP contribution in [0.2, 0.25) is 0 Å². The van der Waals surface area contributed by atoms with E-state index in [0.29, 0.717) is 0 Å². The van der Waals surface area contributed by atoms with Crippen LogP contribution < -0.4 is 4.74 Å². The van der Waals surface area contributed by atoms with Gasteiger partial charge in [-0.25, -0.2) is 0 Å². The highest BCUT2D eigenvalue weighted by atomic mass is 16.5. The number of carboxylic acid groups (broad SMARTS) is 1. The van der Waals surface area contributed by atoms with Crippen LogP contribution in [0.1, 0.15) is 50.3 Å². The maximum atomic E-state index is 11.0. The van der Waals surface area contributed by atoms with Gasteiger partial charge in [-0.15, -0.1) is 0 Å². The van der Waals surface area contributed by atoms with Crippen LogP contribution in [0.3, 0.4) is 0 Å². The molecule has 4 rings (SSSR count). The van der Waals surface area contributed by atoms with Gasteiger partial charge in [0.05, 0.1) is 6.54 Å². The van der Waals surface area contributed by atoms with Crippen LogP contribution >= 0.6 is 0 Å². The van der Waals surface area contributed by atoms with Gasteiger partial charge in [-0.1, -0.05) is 63.2 Å². The molecule has 0 saturated carbocycles. The third-order valence-corrected chi connectivity index (χ3v) is 6.02. The number of piperidine rings is 1. The molecule has 2 aromatic rings. The SMILES string of the molecule is CC(C)(C)c1ccc(C2=CC3(CCN(CC(=O)O)CC3)Oc3ccccc32)cc1. The smallest absolute Gasteiger partial charge is 0.317 e. The minimum absolute atomic E-state index is 0.0947. The van der Waals surface area contributed by atoms with Crippen LogP contribution in [0, 0.1) is 0 Å².